The van der Waals surface area contributed by atoms with E-state index in [0.717, 1.165) is 35.3 Å². The number of benzene rings is 1. The van der Waals surface area contributed by atoms with Crippen molar-refractivity contribution in [2.45, 2.75) is 52.0 Å². The number of nitrogens with two attached hydrogens (primary N) is 1. The molecule has 1 heterocycles. The van der Waals surface area contributed by atoms with Crippen molar-refractivity contribution in [1.29, 1.82) is 0 Å². The van der Waals surface area contributed by atoms with Crippen LogP contribution in [0.15, 0.2) is 12.1 Å². The average molecular weight is 287 g/mol. The van der Waals surface area contributed by atoms with Crippen LogP contribution < -0.4 is 16.4 Å². The van der Waals surface area contributed by atoms with Gasteiger partial charge in [0.2, 0.25) is 5.91 Å². The van der Waals surface area contributed by atoms with Crippen molar-refractivity contribution in [3.8, 4) is 0 Å². The van der Waals surface area contributed by atoms with E-state index >= 15 is 0 Å². The number of hydrogen-bond donors (Lipinski definition) is 3. The summed E-state index contributed by atoms with van der Waals surface area (Å²) in [5, 5.41) is 6.53. The standard InChI is InChI=1S/C17H25N3O/c1-10-5-11(2)7-13(6-10)19-16-8-12-3-4-17(21)20-15(12)9-14(16)18/h8-11,13,19H,3-7,18H2,1-2H3,(H,20,21). The van der Waals surface area contributed by atoms with E-state index in [1.807, 2.05) is 6.07 Å². The molecule has 3 rings (SSSR count). The molecular weight excluding hydrogens is 262 g/mol. The Morgan fingerprint density at radius 1 is 1.14 bits per heavy atom. The molecule has 2 atom stereocenters. The molecule has 114 valence electrons. The lowest BCUT2D eigenvalue weighted by Crippen LogP contribution is -2.30. The summed E-state index contributed by atoms with van der Waals surface area (Å²) in [6.45, 7) is 4.66. The summed E-state index contributed by atoms with van der Waals surface area (Å²) in [4.78, 5) is 11.4. The highest BCUT2D eigenvalue weighted by atomic mass is 16.1. The van der Waals surface area contributed by atoms with E-state index in [2.05, 4.69) is 30.5 Å². The number of nitrogens with one attached hydrogen (secondary N) is 2. The highest BCUT2D eigenvalue weighted by molar-refractivity contribution is 5.95. The number of carbonyl (C=O) groups is 1. The van der Waals surface area contributed by atoms with Gasteiger partial charge in [0.05, 0.1) is 11.4 Å². The van der Waals surface area contributed by atoms with Gasteiger partial charge in [-0.25, -0.2) is 0 Å². The Hall–Kier alpha value is -1.71. The van der Waals surface area contributed by atoms with Crippen LogP contribution in [0.25, 0.3) is 0 Å². The molecule has 4 N–H and O–H groups in total. The molecule has 2 aliphatic rings. The third kappa shape index (κ3) is 3.14. The van der Waals surface area contributed by atoms with E-state index in [9.17, 15) is 4.79 Å². The molecular formula is C17H25N3O. The molecule has 21 heavy (non-hydrogen) atoms. The molecule has 1 aromatic rings. The number of carbonyl (C=O) groups excluding carboxylic acids is 1. The lowest BCUT2D eigenvalue weighted by Gasteiger charge is -2.33. The summed E-state index contributed by atoms with van der Waals surface area (Å²) in [6, 6.07) is 4.51. The highest BCUT2D eigenvalue weighted by Gasteiger charge is 2.25. The molecule has 1 fully saturated rings. The van der Waals surface area contributed by atoms with Crippen molar-refractivity contribution in [3.63, 3.8) is 0 Å². The highest BCUT2D eigenvalue weighted by Crippen LogP contribution is 2.35. The Kier molecular flexibility index (Phi) is 3.79. The summed E-state index contributed by atoms with van der Waals surface area (Å²) < 4.78 is 0. The second-order valence-electron chi connectivity index (χ2n) is 6.90. The first-order chi connectivity index (χ1) is 10.0. The lowest BCUT2D eigenvalue weighted by molar-refractivity contribution is -0.116. The van der Waals surface area contributed by atoms with Gasteiger partial charge in [-0.2, -0.15) is 0 Å². The molecule has 1 aliphatic carbocycles. The first-order valence-corrected chi connectivity index (χ1v) is 8.00. The number of nitrogen functional groups attached to an aromatic ring is 1. The van der Waals surface area contributed by atoms with Gasteiger partial charge in [-0.05, 0) is 55.2 Å². The first kappa shape index (κ1) is 14.2. The SMILES string of the molecule is CC1CC(C)CC(Nc2cc3c(cc2N)NC(=O)CC3)C1. The van der Waals surface area contributed by atoms with Crippen molar-refractivity contribution in [2.75, 3.05) is 16.4 Å². The summed E-state index contributed by atoms with van der Waals surface area (Å²) in [5.41, 5.74) is 9.97. The van der Waals surface area contributed by atoms with Crippen molar-refractivity contribution in [1.82, 2.24) is 0 Å². The molecule has 4 heteroatoms. The van der Waals surface area contributed by atoms with Crippen LogP contribution in [0.1, 0.15) is 45.1 Å². The molecule has 0 aromatic heterocycles. The maximum Gasteiger partial charge on any atom is 0.224 e. The molecule has 2 unspecified atom stereocenters. The zero-order valence-electron chi connectivity index (χ0n) is 12.9. The molecule has 1 saturated carbocycles. The molecule has 4 nitrogen and oxygen atoms in total. The second kappa shape index (κ2) is 5.58. The largest absolute Gasteiger partial charge is 0.397 e. The van der Waals surface area contributed by atoms with E-state index in [-0.39, 0.29) is 5.91 Å². The van der Waals surface area contributed by atoms with Crippen LogP contribution in [0, 0.1) is 11.8 Å². The number of anilines is 3. The molecule has 1 aromatic carbocycles. The van der Waals surface area contributed by atoms with E-state index < -0.39 is 0 Å². The first-order valence-electron chi connectivity index (χ1n) is 8.00. The van der Waals surface area contributed by atoms with Crippen molar-refractivity contribution in [2.24, 2.45) is 11.8 Å². The molecule has 0 spiro atoms. The van der Waals surface area contributed by atoms with Crippen LogP contribution >= 0.6 is 0 Å². The fraction of sp³-hybridized carbons (Fsp3) is 0.588. The number of hydrogen-bond acceptors (Lipinski definition) is 3. The van der Waals surface area contributed by atoms with Crippen LogP contribution in [0.5, 0.6) is 0 Å². The average Bonchev–Trinajstić information content (AvgIpc) is 2.38. The van der Waals surface area contributed by atoms with Gasteiger partial charge in [-0.15, -0.1) is 0 Å². The summed E-state index contributed by atoms with van der Waals surface area (Å²) in [5.74, 6) is 1.62. The van der Waals surface area contributed by atoms with Gasteiger partial charge in [-0.3, -0.25) is 4.79 Å². The Balaban J connectivity index is 1.78. The van der Waals surface area contributed by atoms with Gasteiger partial charge in [0.1, 0.15) is 0 Å². The van der Waals surface area contributed by atoms with Gasteiger partial charge in [-0.1, -0.05) is 13.8 Å². The van der Waals surface area contributed by atoms with Crippen molar-refractivity contribution < 1.29 is 4.79 Å². The van der Waals surface area contributed by atoms with Gasteiger partial charge in [0.25, 0.3) is 0 Å². The number of aryl methyl sites for hydroxylation is 1. The monoisotopic (exact) mass is 287 g/mol. The Morgan fingerprint density at radius 2 is 1.86 bits per heavy atom. The van der Waals surface area contributed by atoms with Crippen LogP contribution in [0.3, 0.4) is 0 Å². The predicted molar refractivity (Wildman–Crippen MR) is 87.4 cm³/mol. The Labute approximate surface area is 126 Å². The van der Waals surface area contributed by atoms with E-state index in [1.54, 1.807) is 0 Å². The maximum absolute atomic E-state index is 11.4. The van der Waals surface area contributed by atoms with Crippen molar-refractivity contribution in [3.05, 3.63) is 17.7 Å². The van der Waals surface area contributed by atoms with Gasteiger partial charge in [0.15, 0.2) is 0 Å². The molecule has 0 radical (unpaired) electrons. The predicted octanol–water partition coefficient (Wildman–Crippen LogP) is 3.39. The quantitative estimate of drug-likeness (QED) is 0.730. The van der Waals surface area contributed by atoms with Crippen LogP contribution in [0.4, 0.5) is 17.1 Å². The second-order valence-corrected chi connectivity index (χ2v) is 6.90. The minimum Gasteiger partial charge on any atom is -0.397 e. The Morgan fingerprint density at radius 3 is 2.57 bits per heavy atom. The summed E-state index contributed by atoms with van der Waals surface area (Å²) in [6.07, 6.45) is 5.10. The topological polar surface area (TPSA) is 67.2 Å². The number of amides is 1. The van der Waals surface area contributed by atoms with E-state index in [1.165, 1.54) is 24.8 Å². The van der Waals surface area contributed by atoms with E-state index in [0.29, 0.717) is 12.5 Å². The van der Waals surface area contributed by atoms with E-state index in [4.69, 9.17) is 5.73 Å². The lowest BCUT2D eigenvalue weighted by atomic mass is 9.80. The zero-order chi connectivity index (χ0) is 15.0. The fourth-order valence-electron chi connectivity index (χ4n) is 3.86. The van der Waals surface area contributed by atoms with Crippen LogP contribution in [-0.2, 0) is 11.2 Å². The third-order valence-electron chi connectivity index (χ3n) is 4.71. The zero-order valence-corrected chi connectivity index (χ0v) is 12.9. The Bertz CT molecular complexity index is 545. The van der Waals surface area contributed by atoms with Crippen LogP contribution in [-0.4, -0.2) is 11.9 Å². The molecule has 1 aliphatic heterocycles. The maximum atomic E-state index is 11.4. The fourth-order valence-corrected chi connectivity index (χ4v) is 3.86. The summed E-state index contributed by atoms with van der Waals surface area (Å²) >= 11 is 0. The van der Waals surface area contributed by atoms with Gasteiger partial charge >= 0.3 is 0 Å². The number of fused-ring (bicyclic) bond motifs is 1. The third-order valence-corrected chi connectivity index (χ3v) is 4.71. The van der Waals surface area contributed by atoms with Crippen molar-refractivity contribution >= 4 is 23.0 Å². The molecule has 1 amide bonds. The smallest absolute Gasteiger partial charge is 0.224 e. The minimum absolute atomic E-state index is 0.0811. The summed E-state index contributed by atoms with van der Waals surface area (Å²) in [7, 11) is 0. The molecule has 0 bridgehead atoms. The minimum atomic E-state index is 0.0811. The normalized spacial score (nSPS) is 28.7. The van der Waals surface area contributed by atoms with Crippen LogP contribution in [0.2, 0.25) is 0 Å². The molecule has 0 saturated heterocycles. The van der Waals surface area contributed by atoms with Gasteiger partial charge in [0, 0.05) is 18.2 Å². The van der Waals surface area contributed by atoms with Gasteiger partial charge < -0.3 is 16.4 Å². The number of rotatable bonds is 2.